The van der Waals surface area contributed by atoms with Gasteiger partial charge in [-0.1, -0.05) is 45.0 Å². The van der Waals surface area contributed by atoms with Crippen LogP contribution >= 0.6 is 0 Å². The van der Waals surface area contributed by atoms with Crippen molar-refractivity contribution < 1.29 is 9.00 Å². The second-order valence-electron chi connectivity index (χ2n) is 8.91. The quantitative estimate of drug-likeness (QED) is 0.661. The van der Waals surface area contributed by atoms with Crippen LogP contribution in [-0.4, -0.2) is 19.9 Å². The second-order valence-corrected chi connectivity index (χ2v) is 10.4. The van der Waals surface area contributed by atoms with Gasteiger partial charge in [-0.25, -0.2) is 4.68 Å². The molecule has 2 aromatic carbocycles. The van der Waals surface area contributed by atoms with Crippen LogP contribution in [0.15, 0.2) is 42.5 Å². The summed E-state index contributed by atoms with van der Waals surface area (Å²) in [5.74, 6) is 1.27. The monoisotopic (exact) mass is 421 g/mol. The van der Waals surface area contributed by atoms with E-state index in [9.17, 15) is 9.00 Å². The number of amides is 1. The largest absolute Gasteiger partial charge is 0.306 e. The first-order valence-corrected chi connectivity index (χ1v) is 11.6. The van der Waals surface area contributed by atoms with Crippen LogP contribution < -0.4 is 5.32 Å². The van der Waals surface area contributed by atoms with E-state index in [1.807, 2.05) is 43.3 Å². The molecule has 1 aliphatic heterocycles. The Kier molecular flexibility index (Phi) is 5.14. The number of anilines is 1. The van der Waals surface area contributed by atoms with Gasteiger partial charge in [-0.2, -0.15) is 5.10 Å². The van der Waals surface area contributed by atoms with Crippen LogP contribution in [0.4, 0.5) is 5.82 Å². The maximum atomic E-state index is 13.1. The summed E-state index contributed by atoms with van der Waals surface area (Å²) in [7, 11) is -0.972. The van der Waals surface area contributed by atoms with Crippen molar-refractivity contribution in [2.75, 3.05) is 5.32 Å². The Balaban J connectivity index is 1.72. The zero-order valence-corrected chi connectivity index (χ0v) is 18.9. The highest BCUT2D eigenvalue weighted by Crippen LogP contribution is 2.33. The topological polar surface area (TPSA) is 64.0 Å². The van der Waals surface area contributed by atoms with Crippen LogP contribution in [0.25, 0.3) is 5.69 Å². The molecule has 0 aliphatic carbocycles. The van der Waals surface area contributed by atoms with Crippen LogP contribution in [0.1, 0.15) is 59.1 Å². The zero-order chi connectivity index (χ0) is 21.6. The highest BCUT2D eigenvalue weighted by atomic mass is 32.2. The molecule has 0 fully saturated rings. The molecule has 0 radical (unpaired) electrons. The molecule has 1 amide bonds. The van der Waals surface area contributed by atoms with E-state index in [0.717, 1.165) is 28.1 Å². The molecule has 0 saturated carbocycles. The minimum atomic E-state index is -0.972. The van der Waals surface area contributed by atoms with Gasteiger partial charge in [-0.3, -0.25) is 9.00 Å². The number of hydrogen-bond acceptors (Lipinski definition) is 3. The number of fused-ring (bicyclic) bond motifs is 1. The number of carbonyl (C=O) groups is 1. The van der Waals surface area contributed by atoms with Crippen molar-refractivity contribution >= 4 is 22.5 Å². The molecule has 2 heterocycles. The van der Waals surface area contributed by atoms with Crippen LogP contribution in [0.5, 0.6) is 0 Å². The Labute approximate surface area is 180 Å². The average molecular weight is 422 g/mol. The summed E-state index contributed by atoms with van der Waals surface area (Å²) in [5, 5.41) is 7.77. The molecule has 0 saturated heterocycles. The molecule has 5 nitrogen and oxygen atoms in total. The predicted octanol–water partition coefficient (Wildman–Crippen LogP) is 4.80. The van der Waals surface area contributed by atoms with Gasteiger partial charge < -0.3 is 5.32 Å². The standard InChI is InChI=1S/C24H27N3O2S/c1-15-7-6-8-21(16(15)2)27-22(19-13-30(29)14-20(19)26-27)25-23(28)17-9-11-18(12-10-17)24(3,4)5/h6-12H,13-14H2,1-5H3,(H,25,28). The van der Waals surface area contributed by atoms with E-state index in [0.29, 0.717) is 22.9 Å². The molecule has 0 spiro atoms. The first kappa shape index (κ1) is 20.5. The normalized spacial score (nSPS) is 15.8. The molecular weight excluding hydrogens is 394 g/mol. The fourth-order valence-corrected chi connectivity index (χ4v) is 4.96. The maximum absolute atomic E-state index is 13.1. The van der Waals surface area contributed by atoms with Gasteiger partial charge in [0, 0.05) is 21.9 Å². The van der Waals surface area contributed by atoms with Crippen molar-refractivity contribution in [1.29, 1.82) is 0 Å². The third-order valence-electron chi connectivity index (χ3n) is 5.72. The lowest BCUT2D eigenvalue weighted by Crippen LogP contribution is -2.18. The molecule has 1 atom stereocenters. The Morgan fingerprint density at radius 3 is 2.43 bits per heavy atom. The Morgan fingerprint density at radius 2 is 1.77 bits per heavy atom. The third kappa shape index (κ3) is 3.72. The van der Waals surface area contributed by atoms with Crippen molar-refractivity contribution in [3.05, 3.63) is 76.0 Å². The Hall–Kier alpha value is -2.73. The summed E-state index contributed by atoms with van der Waals surface area (Å²) in [5.41, 5.74) is 6.64. The number of aromatic nitrogens is 2. The molecule has 30 heavy (non-hydrogen) atoms. The second kappa shape index (κ2) is 7.51. The third-order valence-corrected chi connectivity index (χ3v) is 6.93. The average Bonchev–Trinajstić information content (AvgIpc) is 3.20. The molecule has 1 aromatic heterocycles. The van der Waals surface area contributed by atoms with Crippen molar-refractivity contribution in [3.63, 3.8) is 0 Å². The number of rotatable bonds is 3. The number of hydrogen-bond donors (Lipinski definition) is 1. The van der Waals surface area contributed by atoms with Crippen molar-refractivity contribution in [2.45, 2.75) is 51.5 Å². The van der Waals surface area contributed by atoms with E-state index in [1.54, 1.807) is 4.68 Å². The van der Waals surface area contributed by atoms with Gasteiger partial charge >= 0.3 is 0 Å². The van der Waals surface area contributed by atoms with Gasteiger partial charge in [0.15, 0.2) is 0 Å². The number of aryl methyl sites for hydroxylation is 1. The highest BCUT2D eigenvalue weighted by molar-refractivity contribution is 7.83. The predicted molar refractivity (Wildman–Crippen MR) is 122 cm³/mol. The van der Waals surface area contributed by atoms with Crippen LogP contribution in [0.3, 0.4) is 0 Å². The van der Waals surface area contributed by atoms with E-state index in [4.69, 9.17) is 5.10 Å². The number of nitrogens with one attached hydrogen (secondary N) is 1. The molecule has 1 N–H and O–H groups in total. The van der Waals surface area contributed by atoms with E-state index in [1.165, 1.54) is 5.56 Å². The molecule has 1 unspecified atom stereocenters. The molecular formula is C24H27N3O2S. The number of carbonyl (C=O) groups excluding carboxylic acids is 1. The lowest BCUT2D eigenvalue weighted by atomic mass is 9.87. The molecule has 0 bridgehead atoms. The molecule has 156 valence electrons. The summed E-state index contributed by atoms with van der Waals surface area (Å²) in [6.07, 6.45) is 0. The smallest absolute Gasteiger partial charge is 0.256 e. The minimum Gasteiger partial charge on any atom is -0.306 e. The highest BCUT2D eigenvalue weighted by Gasteiger charge is 2.29. The van der Waals surface area contributed by atoms with E-state index >= 15 is 0 Å². The van der Waals surface area contributed by atoms with E-state index in [-0.39, 0.29) is 11.3 Å². The fourth-order valence-electron chi connectivity index (χ4n) is 3.70. The maximum Gasteiger partial charge on any atom is 0.256 e. The van der Waals surface area contributed by atoms with Gasteiger partial charge in [0.05, 0.1) is 22.9 Å². The molecule has 4 rings (SSSR count). The van der Waals surface area contributed by atoms with Gasteiger partial charge in [0.1, 0.15) is 5.82 Å². The Morgan fingerprint density at radius 1 is 1.07 bits per heavy atom. The zero-order valence-electron chi connectivity index (χ0n) is 18.1. The SMILES string of the molecule is Cc1cccc(-n2nc3c(c2NC(=O)c2ccc(C(C)(C)C)cc2)CS(=O)C3)c1C. The van der Waals surface area contributed by atoms with Crippen molar-refractivity contribution in [2.24, 2.45) is 0 Å². The van der Waals surface area contributed by atoms with Crippen molar-refractivity contribution in [1.82, 2.24) is 9.78 Å². The number of nitrogens with zero attached hydrogens (tertiary/aromatic N) is 2. The van der Waals surface area contributed by atoms with E-state index in [2.05, 4.69) is 39.1 Å². The van der Waals surface area contributed by atoms with Crippen LogP contribution in [-0.2, 0) is 27.7 Å². The summed E-state index contributed by atoms with van der Waals surface area (Å²) in [6, 6.07) is 13.7. The van der Waals surface area contributed by atoms with Crippen LogP contribution in [0.2, 0.25) is 0 Å². The van der Waals surface area contributed by atoms with Gasteiger partial charge in [-0.05, 0) is 54.2 Å². The minimum absolute atomic E-state index is 0.0290. The van der Waals surface area contributed by atoms with Gasteiger partial charge in [0.25, 0.3) is 5.91 Å². The molecule has 6 heteroatoms. The summed E-state index contributed by atoms with van der Waals surface area (Å²) in [4.78, 5) is 13.1. The summed E-state index contributed by atoms with van der Waals surface area (Å²) in [6.45, 7) is 10.5. The Bertz CT molecular complexity index is 1150. The lowest BCUT2D eigenvalue weighted by molar-refractivity contribution is 0.102. The van der Waals surface area contributed by atoms with Gasteiger partial charge in [0.2, 0.25) is 0 Å². The molecule has 1 aliphatic rings. The van der Waals surface area contributed by atoms with Gasteiger partial charge in [-0.15, -0.1) is 0 Å². The lowest BCUT2D eigenvalue weighted by Gasteiger charge is -2.19. The first-order valence-electron chi connectivity index (χ1n) is 10.1. The first-order chi connectivity index (χ1) is 14.1. The fraction of sp³-hybridized carbons (Fsp3) is 0.333. The molecule has 3 aromatic rings. The summed E-state index contributed by atoms with van der Waals surface area (Å²) < 4.78 is 13.9. The summed E-state index contributed by atoms with van der Waals surface area (Å²) >= 11 is 0. The van der Waals surface area contributed by atoms with E-state index < -0.39 is 10.8 Å². The van der Waals surface area contributed by atoms with Crippen LogP contribution in [0, 0.1) is 13.8 Å². The number of benzene rings is 2. The van der Waals surface area contributed by atoms with Crippen molar-refractivity contribution in [3.8, 4) is 5.69 Å².